The molecule has 0 heterocycles. The van der Waals surface area contributed by atoms with E-state index in [4.69, 9.17) is 5.73 Å². The molecule has 0 saturated carbocycles. The third kappa shape index (κ3) is 4.25. The van der Waals surface area contributed by atoms with Crippen LogP contribution < -0.4 is 10.5 Å². The van der Waals surface area contributed by atoms with Crippen LogP contribution in [0.4, 0.5) is 0 Å². The van der Waals surface area contributed by atoms with Crippen LogP contribution in [0.2, 0.25) is 0 Å². The van der Waals surface area contributed by atoms with Gasteiger partial charge in [0, 0.05) is 13.1 Å². The first kappa shape index (κ1) is 14.9. The molecule has 0 radical (unpaired) electrons. The van der Waals surface area contributed by atoms with Crippen LogP contribution in [-0.4, -0.2) is 21.5 Å². The Balaban J connectivity index is 2.76. The lowest BCUT2D eigenvalue weighted by Gasteiger charge is -2.08. The quantitative estimate of drug-likeness (QED) is 0.770. The molecule has 0 saturated heterocycles. The van der Waals surface area contributed by atoms with Crippen LogP contribution in [0.5, 0.6) is 0 Å². The van der Waals surface area contributed by atoms with Crippen molar-refractivity contribution in [2.75, 3.05) is 13.1 Å². The van der Waals surface area contributed by atoms with Crippen LogP contribution in [-0.2, 0) is 10.0 Å². The lowest BCUT2D eigenvalue weighted by Crippen LogP contribution is -2.23. The van der Waals surface area contributed by atoms with Gasteiger partial charge in [-0.15, -0.1) is 0 Å². The predicted molar refractivity (Wildman–Crippen MR) is 73.9 cm³/mol. The van der Waals surface area contributed by atoms with Crippen molar-refractivity contribution in [1.82, 2.24) is 4.72 Å². The third-order valence-corrected chi connectivity index (χ3v) is 3.99. The first-order valence-electron chi connectivity index (χ1n) is 5.92. The van der Waals surface area contributed by atoms with E-state index < -0.39 is 10.0 Å². The van der Waals surface area contributed by atoms with E-state index in [0.717, 1.165) is 5.56 Å². The Morgan fingerprint density at radius 2 is 1.83 bits per heavy atom. The number of nitrogens with one attached hydrogen (secondary N) is 1. The van der Waals surface area contributed by atoms with E-state index in [1.807, 2.05) is 12.1 Å². The molecule has 1 aromatic carbocycles. The van der Waals surface area contributed by atoms with E-state index in [9.17, 15) is 8.42 Å². The Morgan fingerprint density at radius 3 is 2.33 bits per heavy atom. The fourth-order valence-electron chi connectivity index (χ4n) is 1.45. The van der Waals surface area contributed by atoms with Gasteiger partial charge in [-0.1, -0.05) is 38.1 Å². The summed E-state index contributed by atoms with van der Waals surface area (Å²) in [5, 5.41) is 0. The van der Waals surface area contributed by atoms with Gasteiger partial charge in [0.25, 0.3) is 0 Å². The smallest absolute Gasteiger partial charge is 0.240 e. The number of benzene rings is 1. The van der Waals surface area contributed by atoms with Gasteiger partial charge in [0.05, 0.1) is 4.90 Å². The van der Waals surface area contributed by atoms with Gasteiger partial charge in [0.15, 0.2) is 0 Å². The summed E-state index contributed by atoms with van der Waals surface area (Å²) in [7, 11) is -3.43. The molecule has 100 valence electrons. The molecule has 1 rings (SSSR count). The van der Waals surface area contributed by atoms with Gasteiger partial charge in [0.1, 0.15) is 0 Å². The highest BCUT2D eigenvalue weighted by atomic mass is 32.2. The molecule has 0 spiro atoms. The topological polar surface area (TPSA) is 72.2 Å². The highest BCUT2D eigenvalue weighted by Crippen LogP contribution is 2.17. The molecule has 0 aliphatic heterocycles. The zero-order chi connectivity index (χ0) is 13.6. The van der Waals surface area contributed by atoms with E-state index in [2.05, 4.69) is 18.6 Å². The molecule has 0 aromatic heterocycles. The summed E-state index contributed by atoms with van der Waals surface area (Å²) in [5.41, 5.74) is 6.39. The van der Waals surface area contributed by atoms with Crippen LogP contribution >= 0.6 is 0 Å². The average molecular weight is 268 g/mol. The van der Waals surface area contributed by atoms with Crippen molar-refractivity contribution in [2.45, 2.75) is 24.7 Å². The number of hydrogen-bond donors (Lipinski definition) is 2. The lowest BCUT2D eigenvalue weighted by atomic mass is 10.0. The lowest BCUT2D eigenvalue weighted by molar-refractivity contribution is 0.585. The maximum absolute atomic E-state index is 11.9. The van der Waals surface area contributed by atoms with Crippen molar-refractivity contribution >= 4 is 10.0 Å². The van der Waals surface area contributed by atoms with E-state index >= 15 is 0 Å². The van der Waals surface area contributed by atoms with Crippen molar-refractivity contribution < 1.29 is 8.42 Å². The minimum Gasteiger partial charge on any atom is -0.327 e. The van der Waals surface area contributed by atoms with E-state index in [-0.39, 0.29) is 11.4 Å². The molecule has 0 bridgehead atoms. The first-order valence-corrected chi connectivity index (χ1v) is 7.40. The summed E-state index contributed by atoms with van der Waals surface area (Å²) in [6, 6.07) is 6.94. The third-order valence-electron chi connectivity index (χ3n) is 2.55. The SMILES string of the molecule is CC(C)c1ccc(S(=O)(=O)NC/C=C/CN)cc1. The second-order valence-corrected chi connectivity index (χ2v) is 6.05. The standard InChI is InChI=1S/C13H20N2O2S/c1-11(2)12-5-7-13(8-6-12)18(16,17)15-10-4-3-9-14/h3-8,11,15H,9-10,14H2,1-2H3/b4-3+. The van der Waals surface area contributed by atoms with Gasteiger partial charge in [-0.3, -0.25) is 0 Å². The fraction of sp³-hybridized carbons (Fsp3) is 0.385. The second-order valence-electron chi connectivity index (χ2n) is 4.28. The zero-order valence-corrected chi connectivity index (χ0v) is 11.6. The molecule has 1 aromatic rings. The second kappa shape index (κ2) is 6.68. The van der Waals surface area contributed by atoms with Crippen molar-refractivity contribution in [3.63, 3.8) is 0 Å². The summed E-state index contributed by atoms with van der Waals surface area (Å²) in [6.45, 7) is 4.80. The monoisotopic (exact) mass is 268 g/mol. The normalized spacial score (nSPS) is 12.4. The molecule has 0 amide bonds. The van der Waals surface area contributed by atoms with Crippen molar-refractivity contribution in [1.29, 1.82) is 0 Å². The minimum absolute atomic E-state index is 0.255. The van der Waals surface area contributed by atoms with Crippen LogP contribution in [0.25, 0.3) is 0 Å². The maximum atomic E-state index is 11.9. The highest BCUT2D eigenvalue weighted by molar-refractivity contribution is 7.89. The fourth-order valence-corrected chi connectivity index (χ4v) is 2.43. The summed E-state index contributed by atoms with van der Waals surface area (Å²) in [5.74, 6) is 0.391. The summed E-state index contributed by atoms with van der Waals surface area (Å²) in [6.07, 6.45) is 3.41. The summed E-state index contributed by atoms with van der Waals surface area (Å²) >= 11 is 0. The summed E-state index contributed by atoms with van der Waals surface area (Å²) in [4.78, 5) is 0.285. The largest absolute Gasteiger partial charge is 0.327 e. The zero-order valence-electron chi connectivity index (χ0n) is 10.8. The van der Waals surface area contributed by atoms with Crippen molar-refractivity contribution in [2.24, 2.45) is 5.73 Å². The molecule has 0 atom stereocenters. The number of rotatable bonds is 6. The Hall–Kier alpha value is -1.17. The molecule has 0 fully saturated rings. The Morgan fingerprint density at radius 1 is 1.22 bits per heavy atom. The van der Waals surface area contributed by atoms with Crippen molar-refractivity contribution in [3.05, 3.63) is 42.0 Å². The van der Waals surface area contributed by atoms with Crippen LogP contribution in [0, 0.1) is 0 Å². The van der Waals surface area contributed by atoms with Gasteiger partial charge >= 0.3 is 0 Å². The van der Waals surface area contributed by atoms with Gasteiger partial charge in [-0.2, -0.15) is 0 Å². The van der Waals surface area contributed by atoms with Crippen LogP contribution in [0.3, 0.4) is 0 Å². The Bertz CT molecular complexity index is 490. The molecule has 0 aliphatic rings. The van der Waals surface area contributed by atoms with E-state index in [1.165, 1.54) is 0 Å². The van der Waals surface area contributed by atoms with Gasteiger partial charge in [-0.25, -0.2) is 13.1 Å². The molecule has 0 unspecified atom stereocenters. The average Bonchev–Trinajstić information content (AvgIpc) is 2.35. The molecule has 4 nitrogen and oxygen atoms in total. The van der Waals surface area contributed by atoms with E-state index in [0.29, 0.717) is 12.5 Å². The molecule has 3 N–H and O–H groups in total. The summed E-state index contributed by atoms with van der Waals surface area (Å²) < 4.78 is 26.3. The molecular formula is C13H20N2O2S. The Labute approximate surface area is 109 Å². The van der Waals surface area contributed by atoms with Gasteiger partial charge < -0.3 is 5.73 Å². The molecule has 0 aliphatic carbocycles. The predicted octanol–water partition coefficient (Wildman–Crippen LogP) is 1.60. The Kier molecular flexibility index (Phi) is 5.53. The van der Waals surface area contributed by atoms with Crippen LogP contribution in [0.15, 0.2) is 41.3 Å². The molecule has 5 heteroatoms. The van der Waals surface area contributed by atoms with Gasteiger partial charge in [0.2, 0.25) is 10.0 Å². The van der Waals surface area contributed by atoms with Crippen molar-refractivity contribution in [3.8, 4) is 0 Å². The first-order chi connectivity index (χ1) is 8.47. The number of hydrogen-bond acceptors (Lipinski definition) is 3. The number of sulfonamides is 1. The number of nitrogens with two attached hydrogens (primary N) is 1. The molecule has 18 heavy (non-hydrogen) atoms. The van der Waals surface area contributed by atoms with Gasteiger partial charge in [-0.05, 0) is 23.6 Å². The van der Waals surface area contributed by atoms with Crippen LogP contribution in [0.1, 0.15) is 25.3 Å². The maximum Gasteiger partial charge on any atom is 0.240 e. The highest BCUT2D eigenvalue weighted by Gasteiger charge is 2.12. The minimum atomic E-state index is -3.43. The van der Waals surface area contributed by atoms with E-state index in [1.54, 1.807) is 24.3 Å². The molecular weight excluding hydrogens is 248 g/mol.